The number of anilines is 2. The number of nitro groups is 1. The summed E-state index contributed by atoms with van der Waals surface area (Å²) in [5, 5.41) is 27.6. The number of carboxylic acids is 1. The van der Waals surface area contributed by atoms with Crippen LogP contribution in [0, 0.1) is 24.0 Å². The van der Waals surface area contributed by atoms with E-state index in [1.165, 1.54) is 35.3 Å². The summed E-state index contributed by atoms with van der Waals surface area (Å²) in [7, 11) is 0. The molecule has 2 aromatic heterocycles. The molecule has 0 saturated heterocycles. The van der Waals surface area contributed by atoms with Crippen molar-refractivity contribution in [2.24, 2.45) is 0 Å². The van der Waals surface area contributed by atoms with E-state index in [1.807, 2.05) is 0 Å². The Bertz CT molecular complexity index is 996. The predicted molar refractivity (Wildman–Crippen MR) is 92.0 cm³/mol. The molecule has 2 N–H and O–H groups in total. The SMILES string of the molecule is Cc1cc(C)n(-c2ncnc(Nc3ccc(C(=O)O)cc3)c2[N+](=O)[O-])n1. The number of hydrogen-bond acceptors (Lipinski definition) is 7. The number of carboxylic acid groups (broad SMARTS) is 1. The van der Waals surface area contributed by atoms with E-state index in [2.05, 4.69) is 20.4 Å². The Morgan fingerprint density at radius 2 is 1.92 bits per heavy atom. The summed E-state index contributed by atoms with van der Waals surface area (Å²) in [6.45, 7) is 3.54. The van der Waals surface area contributed by atoms with E-state index in [4.69, 9.17) is 5.11 Å². The zero-order valence-electron chi connectivity index (χ0n) is 13.9. The van der Waals surface area contributed by atoms with E-state index in [0.29, 0.717) is 17.1 Å². The normalized spacial score (nSPS) is 10.5. The second-order valence-electron chi connectivity index (χ2n) is 5.50. The molecule has 0 spiro atoms. The van der Waals surface area contributed by atoms with Crippen LogP contribution in [0.4, 0.5) is 17.2 Å². The topological polar surface area (TPSA) is 136 Å². The highest BCUT2D eigenvalue weighted by molar-refractivity contribution is 5.88. The zero-order valence-corrected chi connectivity index (χ0v) is 13.9. The molecule has 1 aromatic carbocycles. The summed E-state index contributed by atoms with van der Waals surface area (Å²) in [6.07, 6.45) is 1.20. The average Bonchev–Trinajstić information content (AvgIpc) is 2.93. The van der Waals surface area contributed by atoms with Crippen LogP contribution in [-0.4, -0.2) is 35.7 Å². The molecule has 0 aliphatic rings. The highest BCUT2D eigenvalue weighted by atomic mass is 16.6. The number of benzene rings is 1. The van der Waals surface area contributed by atoms with Crippen molar-refractivity contribution >= 4 is 23.2 Å². The van der Waals surface area contributed by atoms with E-state index in [0.717, 1.165) is 0 Å². The van der Waals surface area contributed by atoms with Gasteiger partial charge in [-0.2, -0.15) is 5.10 Å². The molecule has 3 rings (SSSR count). The van der Waals surface area contributed by atoms with Gasteiger partial charge in [0.2, 0.25) is 11.6 Å². The first-order chi connectivity index (χ1) is 12.4. The van der Waals surface area contributed by atoms with E-state index in [9.17, 15) is 14.9 Å². The minimum Gasteiger partial charge on any atom is -0.478 e. The van der Waals surface area contributed by atoms with E-state index in [1.54, 1.807) is 19.9 Å². The first-order valence-electron chi connectivity index (χ1n) is 7.50. The van der Waals surface area contributed by atoms with Crippen molar-refractivity contribution in [1.82, 2.24) is 19.7 Å². The number of nitrogens with one attached hydrogen (secondary N) is 1. The lowest BCUT2D eigenvalue weighted by atomic mass is 10.2. The zero-order chi connectivity index (χ0) is 18.8. The monoisotopic (exact) mass is 354 g/mol. The minimum absolute atomic E-state index is 0.0179. The number of hydrogen-bond donors (Lipinski definition) is 2. The molecule has 0 fully saturated rings. The van der Waals surface area contributed by atoms with E-state index >= 15 is 0 Å². The van der Waals surface area contributed by atoms with Crippen molar-refractivity contribution in [3.8, 4) is 5.82 Å². The second kappa shape index (κ2) is 6.59. The van der Waals surface area contributed by atoms with Crippen LogP contribution in [0.5, 0.6) is 0 Å². The van der Waals surface area contributed by atoms with Crippen LogP contribution in [0.2, 0.25) is 0 Å². The third-order valence-corrected chi connectivity index (χ3v) is 3.59. The fraction of sp³-hybridized carbons (Fsp3) is 0.125. The first kappa shape index (κ1) is 17.0. The van der Waals surface area contributed by atoms with Gasteiger partial charge in [0, 0.05) is 11.4 Å². The predicted octanol–water partition coefficient (Wildman–Crippen LogP) is 2.63. The van der Waals surface area contributed by atoms with Crippen LogP contribution in [0.25, 0.3) is 5.82 Å². The summed E-state index contributed by atoms with van der Waals surface area (Å²) in [5.74, 6) is -1.03. The maximum absolute atomic E-state index is 11.6. The van der Waals surface area contributed by atoms with Crippen molar-refractivity contribution < 1.29 is 14.8 Å². The maximum atomic E-state index is 11.6. The van der Waals surface area contributed by atoms with Crippen LogP contribution < -0.4 is 5.32 Å². The molecule has 0 aliphatic heterocycles. The van der Waals surface area contributed by atoms with Crippen LogP contribution in [0.3, 0.4) is 0 Å². The lowest BCUT2D eigenvalue weighted by molar-refractivity contribution is -0.384. The molecule has 3 aromatic rings. The lowest BCUT2D eigenvalue weighted by Gasteiger charge is -2.09. The van der Waals surface area contributed by atoms with Gasteiger partial charge in [-0.3, -0.25) is 10.1 Å². The largest absolute Gasteiger partial charge is 0.478 e. The Balaban J connectivity index is 2.05. The Labute approximate surface area is 147 Å². The van der Waals surface area contributed by atoms with Crippen molar-refractivity contribution in [2.45, 2.75) is 13.8 Å². The number of aryl methyl sites for hydroxylation is 2. The second-order valence-corrected chi connectivity index (χ2v) is 5.50. The number of carbonyl (C=O) groups is 1. The smallest absolute Gasteiger partial charge is 0.355 e. The van der Waals surface area contributed by atoms with Crippen molar-refractivity contribution in [2.75, 3.05) is 5.32 Å². The standard InChI is InChI=1S/C16H14N6O4/c1-9-7-10(2)21(20-9)15-13(22(25)26)14(17-8-18-15)19-12-5-3-11(4-6-12)16(23)24/h3-8H,1-2H3,(H,23,24)(H,17,18,19). The van der Waals surface area contributed by atoms with Crippen LogP contribution in [-0.2, 0) is 0 Å². The molecule has 0 amide bonds. The molecule has 132 valence electrons. The molecule has 0 saturated carbocycles. The molecule has 0 aliphatic carbocycles. The molecule has 10 heteroatoms. The van der Waals surface area contributed by atoms with Crippen molar-refractivity contribution in [3.05, 3.63) is 63.7 Å². The van der Waals surface area contributed by atoms with Crippen molar-refractivity contribution in [1.29, 1.82) is 0 Å². The van der Waals surface area contributed by atoms with Crippen LogP contribution in [0.1, 0.15) is 21.7 Å². The highest BCUT2D eigenvalue weighted by Gasteiger charge is 2.26. The van der Waals surface area contributed by atoms with Gasteiger partial charge >= 0.3 is 11.7 Å². The molecule has 0 bridgehead atoms. The minimum atomic E-state index is -1.06. The van der Waals surface area contributed by atoms with Gasteiger partial charge in [-0.05, 0) is 44.2 Å². The molecule has 2 heterocycles. The average molecular weight is 354 g/mol. The van der Waals surface area contributed by atoms with Crippen LogP contribution in [0.15, 0.2) is 36.7 Å². The summed E-state index contributed by atoms with van der Waals surface area (Å²) >= 11 is 0. The quantitative estimate of drug-likeness (QED) is 0.527. The molecular weight excluding hydrogens is 340 g/mol. The van der Waals surface area contributed by atoms with Gasteiger partial charge in [-0.15, -0.1) is 0 Å². The number of nitrogens with zero attached hydrogens (tertiary/aromatic N) is 5. The summed E-state index contributed by atoms with van der Waals surface area (Å²) in [4.78, 5) is 29.9. The van der Waals surface area contributed by atoms with E-state index in [-0.39, 0.29) is 22.9 Å². The fourth-order valence-electron chi connectivity index (χ4n) is 2.46. The van der Waals surface area contributed by atoms with Gasteiger partial charge < -0.3 is 10.4 Å². The van der Waals surface area contributed by atoms with Gasteiger partial charge in [0.1, 0.15) is 6.33 Å². The van der Waals surface area contributed by atoms with E-state index < -0.39 is 10.9 Å². The first-order valence-corrected chi connectivity index (χ1v) is 7.50. The molecule has 0 unspecified atom stereocenters. The maximum Gasteiger partial charge on any atom is 0.355 e. The number of rotatable bonds is 5. The number of aromatic carboxylic acids is 1. The third-order valence-electron chi connectivity index (χ3n) is 3.59. The van der Waals surface area contributed by atoms with Gasteiger partial charge in [-0.25, -0.2) is 19.4 Å². The Morgan fingerprint density at radius 3 is 2.46 bits per heavy atom. The van der Waals surface area contributed by atoms with Crippen molar-refractivity contribution in [3.63, 3.8) is 0 Å². The Morgan fingerprint density at radius 1 is 1.23 bits per heavy atom. The van der Waals surface area contributed by atoms with Crippen LogP contribution >= 0.6 is 0 Å². The summed E-state index contributed by atoms with van der Waals surface area (Å²) in [6, 6.07) is 7.55. The Kier molecular flexibility index (Phi) is 4.31. The summed E-state index contributed by atoms with van der Waals surface area (Å²) < 4.78 is 1.38. The van der Waals surface area contributed by atoms with Gasteiger partial charge in [0.25, 0.3) is 0 Å². The Hall–Kier alpha value is -3.82. The van der Waals surface area contributed by atoms with Gasteiger partial charge in [-0.1, -0.05) is 0 Å². The lowest BCUT2D eigenvalue weighted by Crippen LogP contribution is -2.10. The summed E-state index contributed by atoms with van der Waals surface area (Å²) in [5.41, 5.74) is 1.63. The molecule has 0 radical (unpaired) electrons. The molecular formula is C16H14N6O4. The highest BCUT2D eigenvalue weighted by Crippen LogP contribution is 2.30. The fourth-order valence-corrected chi connectivity index (χ4v) is 2.46. The van der Waals surface area contributed by atoms with Gasteiger partial charge in [0.15, 0.2) is 0 Å². The molecule has 0 atom stereocenters. The third kappa shape index (κ3) is 3.20. The van der Waals surface area contributed by atoms with Gasteiger partial charge in [0.05, 0.1) is 16.2 Å². The number of aromatic nitrogens is 4. The molecule has 10 nitrogen and oxygen atoms in total. The molecule has 26 heavy (non-hydrogen) atoms.